The number of aliphatic carboxylic acids is 1. The van der Waals surface area contributed by atoms with Crippen molar-refractivity contribution in [2.45, 2.75) is 6.92 Å². The molecule has 2 N–H and O–H groups in total. The number of carboxylic acids is 1. The van der Waals surface area contributed by atoms with E-state index in [-0.39, 0.29) is 5.91 Å². The van der Waals surface area contributed by atoms with Gasteiger partial charge in [0.2, 0.25) is 0 Å². The third-order valence-electron chi connectivity index (χ3n) is 4.29. The van der Waals surface area contributed by atoms with Crippen LogP contribution >= 0.6 is 11.6 Å². The van der Waals surface area contributed by atoms with Crippen molar-refractivity contribution in [3.8, 4) is 16.9 Å². The highest BCUT2D eigenvalue weighted by atomic mass is 35.5. The first-order valence-electron chi connectivity index (χ1n) is 9.93. The van der Waals surface area contributed by atoms with Gasteiger partial charge >= 0.3 is 0 Å². The van der Waals surface area contributed by atoms with Crippen LogP contribution in [0.2, 0.25) is 5.02 Å². The smallest absolute Gasteiger partial charge is 0.300 e. The Balaban J connectivity index is 0.000000709. The van der Waals surface area contributed by atoms with Crippen LogP contribution in [-0.2, 0) is 4.79 Å². The number of para-hydroxylation sites is 1. The van der Waals surface area contributed by atoms with Crippen LogP contribution in [0.3, 0.4) is 0 Å². The molecule has 0 saturated carbocycles. The summed E-state index contributed by atoms with van der Waals surface area (Å²) in [5.41, 5.74) is 6.50. The molecular formula is C25H21ClN4O3. The molecule has 7 nitrogen and oxygen atoms in total. The number of benzene rings is 3. The van der Waals surface area contributed by atoms with Gasteiger partial charge in [-0.05, 0) is 36.4 Å². The Morgan fingerprint density at radius 2 is 1.55 bits per heavy atom. The summed E-state index contributed by atoms with van der Waals surface area (Å²) in [6.07, 6.45) is 3.48. The Hall–Kier alpha value is -4.23. The van der Waals surface area contributed by atoms with Crippen molar-refractivity contribution in [2.75, 3.05) is 0 Å². The lowest BCUT2D eigenvalue weighted by Gasteiger charge is -2.00. The highest BCUT2D eigenvalue weighted by Gasteiger charge is 2.11. The van der Waals surface area contributed by atoms with Gasteiger partial charge in [0.15, 0.2) is 0 Å². The van der Waals surface area contributed by atoms with Gasteiger partial charge in [-0.3, -0.25) is 9.59 Å². The Kier molecular flexibility index (Phi) is 8.10. The van der Waals surface area contributed by atoms with E-state index in [1.54, 1.807) is 35.2 Å². The van der Waals surface area contributed by atoms with E-state index in [9.17, 15) is 4.79 Å². The average molecular weight is 461 g/mol. The summed E-state index contributed by atoms with van der Waals surface area (Å²) >= 11 is 5.86. The van der Waals surface area contributed by atoms with Gasteiger partial charge in [0.1, 0.15) is 5.69 Å². The summed E-state index contributed by atoms with van der Waals surface area (Å²) < 4.78 is 1.80. The van der Waals surface area contributed by atoms with E-state index in [0.717, 1.165) is 29.4 Å². The van der Waals surface area contributed by atoms with Crippen LogP contribution < -0.4 is 5.43 Å². The number of carboxylic acid groups (broad SMARTS) is 1. The third-order valence-corrected chi connectivity index (χ3v) is 4.54. The second-order valence-electron chi connectivity index (χ2n) is 6.80. The van der Waals surface area contributed by atoms with Gasteiger partial charge in [-0.15, -0.1) is 0 Å². The van der Waals surface area contributed by atoms with E-state index < -0.39 is 5.97 Å². The summed E-state index contributed by atoms with van der Waals surface area (Å²) in [5.74, 6) is -1.14. The fourth-order valence-electron chi connectivity index (χ4n) is 2.84. The zero-order chi connectivity index (χ0) is 23.6. The van der Waals surface area contributed by atoms with Gasteiger partial charge in [-0.25, -0.2) is 10.1 Å². The van der Waals surface area contributed by atoms with Crippen LogP contribution in [0.15, 0.2) is 96.2 Å². The van der Waals surface area contributed by atoms with Crippen molar-refractivity contribution < 1.29 is 14.7 Å². The number of carbonyl (C=O) groups excluding carboxylic acids is 1. The molecule has 0 radical (unpaired) electrons. The molecule has 4 rings (SSSR count). The Bertz CT molecular complexity index is 1230. The van der Waals surface area contributed by atoms with E-state index in [4.69, 9.17) is 26.6 Å². The Morgan fingerprint density at radius 3 is 2.15 bits per heavy atom. The minimum Gasteiger partial charge on any atom is -0.481 e. The van der Waals surface area contributed by atoms with Crippen molar-refractivity contribution in [3.05, 3.63) is 107 Å². The summed E-state index contributed by atoms with van der Waals surface area (Å²) in [6, 6.07) is 26.3. The first kappa shape index (κ1) is 23.4. The highest BCUT2D eigenvalue weighted by Crippen LogP contribution is 2.22. The zero-order valence-corrected chi connectivity index (χ0v) is 18.5. The third kappa shape index (κ3) is 6.88. The van der Waals surface area contributed by atoms with E-state index in [1.807, 2.05) is 66.9 Å². The number of carbonyl (C=O) groups is 2. The largest absolute Gasteiger partial charge is 0.481 e. The zero-order valence-electron chi connectivity index (χ0n) is 17.7. The molecule has 33 heavy (non-hydrogen) atoms. The number of hydrazone groups is 1. The molecule has 1 amide bonds. The van der Waals surface area contributed by atoms with Crippen molar-refractivity contribution in [1.29, 1.82) is 0 Å². The van der Waals surface area contributed by atoms with Crippen molar-refractivity contribution >= 4 is 29.7 Å². The molecule has 1 aromatic heterocycles. The molecule has 0 unspecified atom stereocenters. The van der Waals surface area contributed by atoms with Crippen molar-refractivity contribution in [1.82, 2.24) is 15.2 Å². The number of rotatable bonds is 5. The van der Waals surface area contributed by atoms with E-state index >= 15 is 0 Å². The van der Waals surface area contributed by atoms with Gasteiger partial charge in [0, 0.05) is 34.8 Å². The lowest BCUT2D eigenvalue weighted by molar-refractivity contribution is -0.134. The highest BCUT2D eigenvalue weighted by molar-refractivity contribution is 6.30. The predicted molar refractivity (Wildman–Crippen MR) is 129 cm³/mol. The quantitative estimate of drug-likeness (QED) is 0.322. The van der Waals surface area contributed by atoms with E-state index in [0.29, 0.717) is 10.6 Å². The van der Waals surface area contributed by atoms with Crippen LogP contribution in [0.25, 0.3) is 16.9 Å². The summed E-state index contributed by atoms with van der Waals surface area (Å²) in [4.78, 5) is 21.2. The van der Waals surface area contributed by atoms with Gasteiger partial charge < -0.3 is 5.11 Å². The van der Waals surface area contributed by atoms with Crippen molar-refractivity contribution in [2.24, 2.45) is 5.10 Å². The molecule has 0 spiro atoms. The van der Waals surface area contributed by atoms with Gasteiger partial charge in [0.25, 0.3) is 11.9 Å². The molecule has 1 heterocycles. The first-order chi connectivity index (χ1) is 15.9. The van der Waals surface area contributed by atoms with Gasteiger partial charge in [-0.2, -0.15) is 10.2 Å². The van der Waals surface area contributed by atoms with Crippen LogP contribution in [-0.4, -0.2) is 33.0 Å². The van der Waals surface area contributed by atoms with E-state index in [1.165, 1.54) is 0 Å². The Morgan fingerprint density at radius 1 is 0.970 bits per heavy atom. The molecule has 0 fully saturated rings. The second-order valence-corrected chi connectivity index (χ2v) is 7.24. The minimum absolute atomic E-state index is 0.311. The minimum atomic E-state index is -0.833. The fourth-order valence-corrected chi connectivity index (χ4v) is 2.97. The van der Waals surface area contributed by atoms with Gasteiger partial charge in [0.05, 0.1) is 11.9 Å². The first-order valence-corrected chi connectivity index (χ1v) is 10.3. The van der Waals surface area contributed by atoms with Crippen LogP contribution in [0.5, 0.6) is 0 Å². The molecule has 0 atom stereocenters. The lowest BCUT2D eigenvalue weighted by atomic mass is 10.1. The molecule has 0 aliphatic rings. The van der Waals surface area contributed by atoms with E-state index in [2.05, 4.69) is 10.5 Å². The molecule has 3 aromatic carbocycles. The number of nitrogens with one attached hydrogen (secondary N) is 1. The average Bonchev–Trinajstić information content (AvgIpc) is 3.24. The number of hydrogen-bond donors (Lipinski definition) is 2. The normalized spacial score (nSPS) is 10.4. The number of nitrogens with zero attached hydrogens (tertiary/aromatic N) is 3. The summed E-state index contributed by atoms with van der Waals surface area (Å²) in [6.45, 7) is 1.08. The SMILES string of the molecule is CC(=O)O.O=C(NN=Cc1cn(-c2ccccc2)nc1-c1ccccc1)c1ccc(Cl)cc1. The Labute approximate surface area is 196 Å². The predicted octanol–water partition coefficient (Wildman–Crippen LogP) is 5.05. The number of hydrogen-bond acceptors (Lipinski definition) is 4. The van der Waals surface area contributed by atoms with Gasteiger partial charge in [-0.1, -0.05) is 60.1 Å². The summed E-state index contributed by atoms with van der Waals surface area (Å²) in [7, 11) is 0. The maximum absolute atomic E-state index is 12.2. The standard InChI is InChI=1S/C23H17ClN4O.C2H4O2/c24-20-13-11-18(12-14-20)23(29)26-25-15-19-16-28(21-9-5-2-6-10-21)27-22(19)17-7-3-1-4-8-17;1-2(3)4/h1-16H,(H,26,29);1H3,(H,3,4). The number of aromatic nitrogens is 2. The molecular weight excluding hydrogens is 440 g/mol. The molecule has 4 aromatic rings. The maximum Gasteiger partial charge on any atom is 0.300 e. The maximum atomic E-state index is 12.2. The summed E-state index contributed by atoms with van der Waals surface area (Å²) in [5, 5.41) is 16.8. The van der Waals surface area contributed by atoms with Crippen LogP contribution in [0.4, 0.5) is 0 Å². The molecule has 8 heteroatoms. The lowest BCUT2D eigenvalue weighted by Crippen LogP contribution is -2.17. The van der Waals surface area contributed by atoms with Crippen LogP contribution in [0.1, 0.15) is 22.8 Å². The van der Waals surface area contributed by atoms with Crippen LogP contribution in [0, 0.1) is 0 Å². The second kappa shape index (κ2) is 11.4. The molecule has 0 bridgehead atoms. The monoisotopic (exact) mass is 460 g/mol. The molecule has 0 saturated heterocycles. The molecule has 0 aliphatic heterocycles. The topological polar surface area (TPSA) is 96.6 Å². The fraction of sp³-hybridized carbons (Fsp3) is 0.0400. The molecule has 0 aliphatic carbocycles. The van der Waals surface area contributed by atoms with Crippen molar-refractivity contribution in [3.63, 3.8) is 0 Å². The number of halogens is 1. The number of amides is 1. The molecule has 166 valence electrons.